The van der Waals surface area contributed by atoms with E-state index in [1.807, 2.05) is 13.0 Å². The third-order valence-corrected chi connectivity index (χ3v) is 4.32. The number of rotatable bonds is 5. The van der Waals surface area contributed by atoms with Crippen molar-refractivity contribution >= 4 is 16.9 Å². The Morgan fingerprint density at radius 2 is 2.00 bits per heavy atom. The van der Waals surface area contributed by atoms with Gasteiger partial charge in [-0.25, -0.2) is 0 Å². The highest BCUT2D eigenvalue weighted by molar-refractivity contribution is 5.88. The molecule has 2 aromatic rings. The Kier molecular flexibility index (Phi) is 4.91. The number of benzene rings is 1. The second kappa shape index (κ2) is 6.53. The van der Waals surface area contributed by atoms with Crippen LogP contribution in [0.3, 0.4) is 0 Å². The van der Waals surface area contributed by atoms with Crippen LogP contribution in [0.15, 0.2) is 22.8 Å². The molecule has 1 N–H and O–H groups in total. The fourth-order valence-electron chi connectivity index (χ4n) is 2.66. The molecule has 4 nitrogen and oxygen atoms in total. The standard InChI is InChI=1S/C18H25NO3/c1-11(2)15-8-16-14(10-22-17(16)6-12(15)3)7-18(21)19(5)13(4)9-20/h6,8,10-11,13,20H,7,9H2,1-5H3. The number of carbonyl (C=O) groups excluding carboxylic acids is 1. The number of aryl methyl sites for hydroxylation is 1. The fraction of sp³-hybridized carbons (Fsp3) is 0.500. The topological polar surface area (TPSA) is 53.7 Å². The summed E-state index contributed by atoms with van der Waals surface area (Å²) >= 11 is 0. The lowest BCUT2D eigenvalue weighted by molar-refractivity contribution is -0.131. The number of likely N-dealkylation sites (N-methyl/N-ethyl adjacent to an activating group) is 1. The first kappa shape index (κ1) is 16.6. The number of hydrogen-bond donors (Lipinski definition) is 1. The number of hydrogen-bond acceptors (Lipinski definition) is 3. The molecule has 120 valence electrons. The molecule has 1 aromatic heterocycles. The monoisotopic (exact) mass is 303 g/mol. The fourth-order valence-corrected chi connectivity index (χ4v) is 2.66. The van der Waals surface area contributed by atoms with Gasteiger partial charge in [-0.05, 0) is 43.0 Å². The lowest BCUT2D eigenvalue weighted by atomic mass is 9.95. The summed E-state index contributed by atoms with van der Waals surface area (Å²) in [6.45, 7) is 8.20. The molecule has 1 aromatic carbocycles. The van der Waals surface area contributed by atoms with E-state index in [1.165, 1.54) is 11.1 Å². The molecule has 0 saturated heterocycles. The van der Waals surface area contributed by atoms with E-state index in [9.17, 15) is 4.79 Å². The molecule has 0 aliphatic heterocycles. The van der Waals surface area contributed by atoms with E-state index in [2.05, 4.69) is 26.8 Å². The van der Waals surface area contributed by atoms with Crippen molar-refractivity contribution in [2.45, 2.75) is 46.1 Å². The van der Waals surface area contributed by atoms with Gasteiger partial charge in [-0.1, -0.05) is 13.8 Å². The zero-order valence-corrected chi connectivity index (χ0v) is 14.0. The lowest BCUT2D eigenvalue weighted by Gasteiger charge is -2.23. The molecule has 0 spiro atoms. The zero-order valence-electron chi connectivity index (χ0n) is 14.0. The van der Waals surface area contributed by atoms with Crippen molar-refractivity contribution in [3.05, 3.63) is 35.1 Å². The zero-order chi connectivity index (χ0) is 16.4. The molecule has 4 heteroatoms. The van der Waals surface area contributed by atoms with Gasteiger partial charge in [0.05, 0.1) is 25.3 Å². The van der Waals surface area contributed by atoms with Crippen molar-refractivity contribution in [1.82, 2.24) is 4.90 Å². The van der Waals surface area contributed by atoms with Gasteiger partial charge in [-0.3, -0.25) is 4.79 Å². The minimum absolute atomic E-state index is 0.0177. The molecule has 1 heterocycles. The molecule has 0 aliphatic rings. The Morgan fingerprint density at radius 1 is 1.32 bits per heavy atom. The quantitative estimate of drug-likeness (QED) is 0.922. The van der Waals surface area contributed by atoms with Crippen LogP contribution in [0.5, 0.6) is 0 Å². The Labute approximate surface area is 131 Å². The van der Waals surface area contributed by atoms with Crippen molar-refractivity contribution in [3.8, 4) is 0 Å². The number of fused-ring (bicyclic) bond motifs is 1. The van der Waals surface area contributed by atoms with Gasteiger partial charge in [0.2, 0.25) is 5.91 Å². The summed E-state index contributed by atoms with van der Waals surface area (Å²) in [5.41, 5.74) is 4.21. The first-order valence-electron chi connectivity index (χ1n) is 7.72. The molecular weight excluding hydrogens is 278 g/mol. The first-order chi connectivity index (χ1) is 10.3. The molecule has 2 rings (SSSR count). The predicted octanol–water partition coefficient (Wildman–Crippen LogP) is 3.25. The minimum Gasteiger partial charge on any atom is -0.464 e. The molecule has 1 amide bonds. The summed E-state index contributed by atoms with van der Waals surface area (Å²) < 4.78 is 5.61. The number of carbonyl (C=O) groups is 1. The van der Waals surface area contributed by atoms with Gasteiger partial charge in [0, 0.05) is 18.0 Å². The van der Waals surface area contributed by atoms with E-state index in [1.54, 1.807) is 18.2 Å². The van der Waals surface area contributed by atoms with Gasteiger partial charge in [-0.15, -0.1) is 0 Å². The molecule has 0 saturated carbocycles. The molecule has 22 heavy (non-hydrogen) atoms. The number of furan rings is 1. The van der Waals surface area contributed by atoms with Crippen LogP contribution in [0, 0.1) is 6.92 Å². The third kappa shape index (κ3) is 3.17. The minimum atomic E-state index is -0.181. The van der Waals surface area contributed by atoms with Crippen molar-refractivity contribution in [2.75, 3.05) is 13.7 Å². The molecule has 0 aliphatic carbocycles. The van der Waals surface area contributed by atoms with Crippen LogP contribution >= 0.6 is 0 Å². The van der Waals surface area contributed by atoms with Crippen molar-refractivity contribution < 1.29 is 14.3 Å². The number of nitrogens with zero attached hydrogens (tertiary/aromatic N) is 1. The van der Waals surface area contributed by atoms with E-state index < -0.39 is 0 Å². The van der Waals surface area contributed by atoms with Crippen molar-refractivity contribution in [2.24, 2.45) is 0 Å². The molecule has 0 radical (unpaired) electrons. The highest BCUT2D eigenvalue weighted by Crippen LogP contribution is 2.29. The maximum atomic E-state index is 12.3. The second-order valence-corrected chi connectivity index (χ2v) is 6.33. The van der Waals surface area contributed by atoms with E-state index in [4.69, 9.17) is 9.52 Å². The summed E-state index contributed by atoms with van der Waals surface area (Å²) in [6, 6.07) is 3.99. The van der Waals surface area contributed by atoms with Crippen LogP contribution < -0.4 is 0 Å². The highest BCUT2D eigenvalue weighted by atomic mass is 16.3. The van der Waals surface area contributed by atoms with Crippen molar-refractivity contribution in [1.29, 1.82) is 0 Å². The Hall–Kier alpha value is -1.81. The number of aliphatic hydroxyl groups is 1. The largest absolute Gasteiger partial charge is 0.464 e. The highest BCUT2D eigenvalue weighted by Gasteiger charge is 2.18. The Morgan fingerprint density at radius 3 is 2.59 bits per heavy atom. The maximum Gasteiger partial charge on any atom is 0.227 e. The average Bonchev–Trinajstić information content (AvgIpc) is 2.86. The van der Waals surface area contributed by atoms with Crippen molar-refractivity contribution in [3.63, 3.8) is 0 Å². The van der Waals surface area contributed by atoms with E-state index in [-0.39, 0.29) is 25.0 Å². The van der Waals surface area contributed by atoms with Crippen LogP contribution in [0.1, 0.15) is 43.4 Å². The normalized spacial score (nSPS) is 12.9. The van der Waals surface area contributed by atoms with Gasteiger partial charge in [0.15, 0.2) is 0 Å². The van der Waals surface area contributed by atoms with E-state index >= 15 is 0 Å². The summed E-state index contributed by atoms with van der Waals surface area (Å²) in [5, 5.41) is 10.2. The lowest BCUT2D eigenvalue weighted by Crippen LogP contribution is -2.38. The second-order valence-electron chi connectivity index (χ2n) is 6.33. The maximum absolute atomic E-state index is 12.3. The summed E-state index contributed by atoms with van der Waals surface area (Å²) in [7, 11) is 1.72. The van der Waals surface area contributed by atoms with E-state index in [0.29, 0.717) is 5.92 Å². The first-order valence-corrected chi connectivity index (χ1v) is 7.72. The third-order valence-electron chi connectivity index (χ3n) is 4.32. The van der Waals surface area contributed by atoms with E-state index in [0.717, 1.165) is 16.5 Å². The average molecular weight is 303 g/mol. The Bertz CT molecular complexity index is 672. The van der Waals surface area contributed by atoms with Gasteiger partial charge >= 0.3 is 0 Å². The molecule has 0 bridgehead atoms. The predicted molar refractivity (Wildman–Crippen MR) is 88.1 cm³/mol. The summed E-state index contributed by atoms with van der Waals surface area (Å²) in [4.78, 5) is 13.9. The van der Waals surface area contributed by atoms with Crippen LogP contribution in [0.4, 0.5) is 0 Å². The number of amides is 1. The molecule has 0 fully saturated rings. The van der Waals surface area contributed by atoms with Crippen LogP contribution in [0.25, 0.3) is 11.0 Å². The van der Waals surface area contributed by atoms with Gasteiger partial charge < -0.3 is 14.4 Å². The SMILES string of the molecule is Cc1cc2occ(CC(=O)N(C)C(C)CO)c2cc1C(C)C. The van der Waals surface area contributed by atoms with Gasteiger partial charge in [-0.2, -0.15) is 0 Å². The van der Waals surface area contributed by atoms with Crippen LogP contribution in [-0.4, -0.2) is 35.6 Å². The van der Waals surface area contributed by atoms with Crippen LogP contribution in [-0.2, 0) is 11.2 Å². The van der Waals surface area contributed by atoms with Gasteiger partial charge in [0.25, 0.3) is 0 Å². The number of aliphatic hydroxyl groups excluding tert-OH is 1. The summed E-state index contributed by atoms with van der Waals surface area (Å²) in [5.74, 6) is 0.413. The van der Waals surface area contributed by atoms with Gasteiger partial charge in [0.1, 0.15) is 5.58 Å². The van der Waals surface area contributed by atoms with Crippen LogP contribution in [0.2, 0.25) is 0 Å². The molecule has 1 unspecified atom stereocenters. The Balaban J connectivity index is 2.32. The molecule has 1 atom stereocenters. The smallest absolute Gasteiger partial charge is 0.227 e. The molecular formula is C18H25NO3. The summed E-state index contributed by atoms with van der Waals surface area (Å²) in [6.07, 6.45) is 1.96.